The molecule has 0 saturated carbocycles. The minimum Gasteiger partial charge on any atom is -0.362 e. The van der Waals surface area contributed by atoms with Gasteiger partial charge >= 0.3 is 0 Å². The lowest BCUT2D eigenvalue weighted by Gasteiger charge is -2.13. The van der Waals surface area contributed by atoms with E-state index < -0.39 is 0 Å². The maximum atomic E-state index is 8.79. The fourth-order valence-electron chi connectivity index (χ4n) is 1.15. The summed E-state index contributed by atoms with van der Waals surface area (Å²) < 4.78 is 0. The van der Waals surface area contributed by atoms with Crippen molar-refractivity contribution in [3.63, 3.8) is 0 Å². The molecule has 0 atom stereocenters. The van der Waals surface area contributed by atoms with E-state index in [2.05, 4.69) is 30.6 Å². The lowest BCUT2D eigenvalue weighted by molar-refractivity contribution is 0.627. The van der Waals surface area contributed by atoms with Crippen LogP contribution in [0.5, 0.6) is 0 Å². The van der Waals surface area contributed by atoms with Gasteiger partial charge in [-0.15, -0.1) is 0 Å². The van der Waals surface area contributed by atoms with Crippen molar-refractivity contribution < 1.29 is 0 Å². The van der Waals surface area contributed by atoms with E-state index in [4.69, 9.17) is 29.1 Å². The van der Waals surface area contributed by atoms with E-state index in [1.165, 1.54) is 0 Å². The molecule has 5 heteroatoms. The van der Waals surface area contributed by atoms with Crippen LogP contribution >= 0.6 is 23.8 Å². The molecule has 0 fully saturated rings. The second-order valence-electron chi connectivity index (χ2n) is 4.04. The summed E-state index contributed by atoms with van der Waals surface area (Å²) in [6.45, 7) is 4.99. The zero-order chi connectivity index (χ0) is 12.8. The molecule has 2 N–H and O–H groups in total. The maximum absolute atomic E-state index is 8.79. The van der Waals surface area contributed by atoms with Crippen molar-refractivity contribution in [1.82, 2.24) is 5.32 Å². The average molecular weight is 268 g/mol. The van der Waals surface area contributed by atoms with E-state index in [9.17, 15) is 0 Å². The molecule has 0 aliphatic carbocycles. The molecule has 0 amide bonds. The molecular weight excluding hydrogens is 254 g/mol. The molecule has 0 saturated heterocycles. The van der Waals surface area contributed by atoms with E-state index in [-0.39, 0.29) is 0 Å². The van der Waals surface area contributed by atoms with E-state index in [1.54, 1.807) is 18.2 Å². The first-order valence-corrected chi connectivity index (χ1v) is 6.06. The van der Waals surface area contributed by atoms with Crippen LogP contribution in [0.4, 0.5) is 5.69 Å². The van der Waals surface area contributed by atoms with Gasteiger partial charge in [-0.1, -0.05) is 25.4 Å². The SMILES string of the molecule is CC(C)CNC(=S)Nc1cc(C#N)ccc1Cl. The normalized spacial score (nSPS) is 9.82. The largest absolute Gasteiger partial charge is 0.362 e. The number of benzene rings is 1. The molecule has 0 heterocycles. The van der Waals surface area contributed by atoms with Crippen LogP contribution in [0.25, 0.3) is 0 Å². The van der Waals surface area contributed by atoms with Gasteiger partial charge in [0.05, 0.1) is 22.3 Å². The molecule has 0 spiro atoms. The predicted molar refractivity (Wildman–Crippen MR) is 75.2 cm³/mol. The zero-order valence-electron chi connectivity index (χ0n) is 9.75. The monoisotopic (exact) mass is 267 g/mol. The van der Waals surface area contributed by atoms with Crippen molar-refractivity contribution in [2.45, 2.75) is 13.8 Å². The highest BCUT2D eigenvalue weighted by Crippen LogP contribution is 2.22. The van der Waals surface area contributed by atoms with E-state index in [0.29, 0.717) is 27.3 Å². The molecular formula is C12H14ClN3S. The van der Waals surface area contributed by atoms with Crippen molar-refractivity contribution in [2.24, 2.45) is 5.92 Å². The molecule has 0 radical (unpaired) electrons. The summed E-state index contributed by atoms with van der Waals surface area (Å²) in [6.07, 6.45) is 0. The number of thiocarbonyl (C=S) groups is 1. The first-order chi connectivity index (χ1) is 8.02. The highest BCUT2D eigenvalue weighted by atomic mass is 35.5. The Labute approximate surface area is 112 Å². The van der Waals surface area contributed by atoms with E-state index in [0.717, 1.165) is 6.54 Å². The number of hydrogen-bond acceptors (Lipinski definition) is 2. The third-order valence-electron chi connectivity index (χ3n) is 2.01. The molecule has 0 unspecified atom stereocenters. The number of halogens is 1. The summed E-state index contributed by atoms with van der Waals surface area (Å²) in [4.78, 5) is 0. The second-order valence-corrected chi connectivity index (χ2v) is 4.85. The molecule has 1 aromatic rings. The quantitative estimate of drug-likeness (QED) is 0.826. The van der Waals surface area contributed by atoms with Crippen LogP contribution in [-0.2, 0) is 0 Å². The highest BCUT2D eigenvalue weighted by Gasteiger charge is 2.04. The van der Waals surface area contributed by atoms with Gasteiger partial charge in [-0.25, -0.2) is 0 Å². The van der Waals surface area contributed by atoms with Gasteiger partial charge in [0.15, 0.2) is 5.11 Å². The number of anilines is 1. The Morgan fingerprint density at radius 3 is 2.82 bits per heavy atom. The van der Waals surface area contributed by atoms with Gasteiger partial charge in [0.1, 0.15) is 0 Å². The van der Waals surface area contributed by atoms with Gasteiger partial charge in [-0.05, 0) is 36.3 Å². The molecule has 0 aliphatic heterocycles. The lowest BCUT2D eigenvalue weighted by atomic mass is 10.2. The van der Waals surface area contributed by atoms with E-state index >= 15 is 0 Å². The molecule has 17 heavy (non-hydrogen) atoms. The van der Waals surface area contributed by atoms with Gasteiger partial charge in [0.2, 0.25) is 0 Å². The Morgan fingerprint density at radius 1 is 1.53 bits per heavy atom. The molecule has 1 rings (SSSR count). The van der Waals surface area contributed by atoms with Crippen LogP contribution in [0.15, 0.2) is 18.2 Å². The molecule has 0 aromatic heterocycles. The van der Waals surface area contributed by atoms with Crippen LogP contribution in [0.3, 0.4) is 0 Å². The van der Waals surface area contributed by atoms with Crippen molar-refractivity contribution >= 4 is 34.6 Å². The molecule has 90 valence electrons. The van der Waals surface area contributed by atoms with Crippen LogP contribution in [0.1, 0.15) is 19.4 Å². The summed E-state index contributed by atoms with van der Waals surface area (Å²) in [5.41, 5.74) is 1.19. The Morgan fingerprint density at radius 2 is 2.24 bits per heavy atom. The van der Waals surface area contributed by atoms with Crippen LogP contribution in [0.2, 0.25) is 5.02 Å². The molecule has 3 nitrogen and oxygen atoms in total. The third kappa shape index (κ3) is 4.59. The second kappa shape index (κ2) is 6.43. The van der Waals surface area contributed by atoms with Gasteiger partial charge in [0.25, 0.3) is 0 Å². The van der Waals surface area contributed by atoms with E-state index in [1.807, 2.05) is 0 Å². The topological polar surface area (TPSA) is 47.8 Å². The van der Waals surface area contributed by atoms with Crippen LogP contribution in [0, 0.1) is 17.2 Å². The van der Waals surface area contributed by atoms with Gasteiger partial charge in [-0.3, -0.25) is 0 Å². The molecule has 0 aliphatic rings. The van der Waals surface area contributed by atoms with Crippen molar-refractivity contribution in [3.8, 4) is 6.07 Å². The predicted octanol–water partition coefficient (Wildman–Crippen LogP) is 3.15. The molecule has 0 bridgehead atoms. The number of hydrogen-bond donors (Lipinski definition) is 2. The third-order valence-corrected chi connectivity index (χ3v) is 2.59. The summed E-state index contributed by atoms with van der Waals surface area (Å²) in [7, 11) is 0. The number of nitriles is 1. The number of rotatable bonds is 3. The minimum absolute atomic E-state index is 0.510. The Bertz CT molecular complexity index is 452. The maximum Gasteiger partial charge on any atom is 0.170 e. The van der Waals surface area contributed by atoms with Gasteiger partial charge in [-0.2, -0.15) is 5.26 Å². The summed E-state index contributed by atoms with van der Waals surface area (Å²) in [5, 5.41) is 15.9. The fourth-order valence-corrected chi connectivity index (χ4v) is 1.51. The summed E-state index contributed by atoms with van der Waals surface area (Å²) in [5.74, 6) is 0.510. The van der Waals surface area contributed by atoms with Crippen molar-refractivity contribution in [1.29, 1.82) is 5.26 Å². The first-order valence-electron chi connectivity index (χ1n) is 5.27. The zero-order valence-corrected chi connectivity index (χ0v) is 11.3. The smallest absolute Gasteiger partial charge is 0.170 e. The lowest BCUT2D eigenvalue weighted by Crippen LogP contribution is -2.31. The number of nitrogens with zero attached hydrogens (tertiary/aromatic N) is 1. The van der Waals surface area contributed by atoms with Crippen LogP contribution < -0.4 is 10.6 Å². The van der Waals surface area contributed by atoms with Crippen molar-refractivity contribution in [3.05, 3.63) is 28.8 Å². The standard InChI is InChI=1S/C12H14ClN3S/c1-8(2)7-15-12(17)16-11-5-9(6-14)3-4-10(11)13/h3-5,8H,7H2,1-2H3,(H2,15,16,17). The van der Waals surface area contributed by atoms with Gasteiger partial charge in [0, 0.05) is 6.54 Å². The highest BCUT2D eigenvalue weighted by molar-refractivity contribution is 7.80. The summed E-state index contributed by atoms with van der Waals surface area (Å²) in [6, 6.07) is 7.07. The van der Waals surface area contributed by atoms with Crippen molar-refractivity contribution in [2.75, 3.05) is 11.9 Å². The Hall–Kier alpha value is -1.31. The number of nitrogens with one attached hydrogen (secondary N) is 2. The van der Waals surface area contributed by atoms with Gasteiger partial charge < -0.3 is 10.6 Å². The Kier molecular flexibility index (Phi) is 5.20. The minimum atomic E-state index is 0.510. The first kappa shape index (κ1) is 13.8. The van der Waals surface area contributed by atoms with Crippen LogP contribution in [-0.4, -0.2) is 11.7 Å². The molecule has 1 aromatic carbocycles. The fraction of sp³-hybridized carbons (Fsp3) is 0.333. The Balaban J connectivity index is 2.68. The summed E-state index contributed by atoms with van der Waals surface area (Å²) >= 11 is 11.1. The average Bonchev–Trinajstić information content (AvgIpc) is 2.29.